The molecule has 0 atom stereocenters. The van der Waals surface area contributed by atoms with Gasteiger partial charge in [0.25, 0.3) is 0 Å². The summed E-state index contributed by atoms with van der Waals surface area (Å²) in [7, 11) is 0. The Morgan fingerprint density at radius 1 is 1.38 bits per heavy atom. The predicted octanol–water partition coefficient (Wildman–Crippen LogP) is 2.40. The van der Waals surface area contributed by atoms with Gasteiger partial charge in [-0.3, -0.25) is 0 Å². The number of pyridine rings is 1. The van der Waals surface area contributed by atoms with Gasteiger partial charge < -0.3 is 0 Å². The average Bonchev–Trinajstić information content (AvgIpc) is 2.47. The lowest BCUT2D eigenvalue weighted by atomic mass is 10.1. The Balaban J connectivity index is 2.61. The Bertz CT molecular complexity index is 428. The predicted molar refractivity (Wildman–Crippen MR) is 60.0 cm³/mol. The molecule has 0 amide bonds. The molecule has 0 aliphatic heterocycles. The van der Waals surface area contributed by atoms with Gasteiger partial charge in [0.05, 0.1) is 0 Å². The molecule has 0 spiro atoms. The quantitative estimate of drug-likeness (QED) is 0.595. The third-order valence-corrected chi connectivity index (χ3v) is 2.58. The van der Waals surface area contributed by atoms with Crippen molar-refractivity contribution in [1.82, 2.24) is 14.6 Å². The second-order valence-electron chi connectivity index (χ2n) is 3.45. The van der Waals surface area contributed by atoms with Gasteiger partial charge in [-0.1, -0.05) is 28.7 Å². The van der Waals surface area contributed by atoms with Crippen LogP contribution in [0.5, 0.6) is 0 Å². The van der Waals surface area contributed by atoms with Crippen LogP contribution in [0.1, 0.15) is 19.4 Å². The summed E-state index contributed by atoms with van der Waals surface area (Å²) in [5, 5.41) is 4.10. The number of rotatable bonds is 1. The summed E-state index contributed by atoms with van der Waals surface area (Å²) in [4.78, 5) is 4.09. The fourth-order valence-electron chi connectivity index (χ4n) is 1.17. The van der Waals surface area contributed by atoms with Crippen molar-refractivity contribution in [2.75, 3.05) is 0 Å². The summed E-state index contributed by atoms with van der Waals surface area (Å²) >= 11 is 2.41. The van der Waals surface area contributed by atoms with Crippen molar-refractivity contribution in [1.29, 1.82) is 0 Å². The monoisotopic (exact) mass is 287 g/mol. The highest BCUT2D eigenvalue weighted by atomic mass is 127. The highest BCUT2D eigenvalue weighted by Gasteiger charge is 2.16. The third kappa shape index (κ3) is 1.67. The van der Waals surface area contributed by atoms with E-state index in [0.717, 1.165) is 5.65 Å². The maximum absolute atomic E-state index is 4.10. The molecule has 2 heterocycles. The van der Waals surface area contributed by atoms with Crippen molar-refractivity contribution in [3.8, 4) is 0 Å². The van der Waals surface area contributed by atoms with Crippen molar-refractivity contribution < 1.29 is 0 Å². The topological polar surface area (TPSA) is 30.2 Å². The lowest BCUT2D eigenvalue weighted by Crippen LogP contribution is -2.07. The Morgan fingerprint density at radius 3 is 2.85 bits per heavy atom. The van der Waals surface area contributed by atoms with Crippen LogP contribution in [-0.4, -0.2) is 14.6 Å². The number of aromatic nitrogens is 3. The highest BCUT2D eigenvalue weighted by molar-refractivity contribution is 14.1. The molecule has 68 valence electrons. The lowest BCUT2D eigenvalue weighted by molar-refractivity contribution is 0.803. The van der Waals surface area contributed by atoms with Gasteiger partial charge in [-0.25, -0.2) is 9.50 Å². The second kappa shape index (κ2) is 2.94. The molecule has 4 heteroatoms. The smallest absolute Gasteiger partial charge is 0.155 e. The molecule has 0 aliphatic carbocycles. The van der Waals surface area contributed by atoms with Crippen LogP contribution in [0.15, 0.2) is 24.7 Å². The van der Waals surface area contributed by atoms with Crippen molar-refractivity contribution in [2.45, 2.75) is 17.3 Å². The van der Waals surface area contributed by atoms with E-state index >= 15 is 0 Å². The molecule has 2 aromatic heterocycles. The van der Waals surface area contributed by atoms with Gasteiger partial charge in [-0.05, 0) is 25.5 Å². The van der Waals surface area contributed by atoms with Crippen LogP contribution in [0.3, 0.4) is 0 Å². The standard InChI is InChI=1S/C9H10IN3/c1-9(2,10)7-3-4-8-11-6-12-13(8)5-7/h3-6H,1-2H3. The molecule has 0 aliphatic rings. The number of halogens is 1. The summed E-state index contributed by atoms with van der Waals surface area (Å²) in [6.07, 6.45) is 3.59. The van der Waals surface area contributed by atoms with Crippen LogP contribution in [0.25, 0.3) is 5.65 Å². The van der Waals surface area contributed by atoms with E-state index in [-0.39, 0.29) is 3.42 Å². The Kier molecular flexibility index (Phi) is 2.02. The third-order valence-electron chi connectivity index (χ3n) is 1.96. The summed E-state index contributed by atoms with van der Waals surface area (Å²) in [5.74, 6) is 0. The van der Waals surface area contributed by atoms with Gasteiger partial charge in [0.15, 0.2) is 5.65 Å². The van der Waals surface area contributed by atoms with E-state index in [1.54, 1.807) is 10.8 Å². The van der Waals surface area contributed by atoms with Gasteiger partial charge in [-0.2, -0.15) is 5.10 Å². The number of nitrogens with zero attached hydrogens (tertiary/aromatic N) is 3. The van der Waals surface area contributed by atoms with Gasteiger partial charge in [0.2, 0.25) is 0 Å². The van der Waals surface area contributed by atoms with E-state index in [4.69, 9.17) is 0 Å². The molecule has 0 bridgehead atoms. The first kappa shape index (κ1) is 8.93. The largest absolute Gasteiger partial charge is 0.221 e. The molecule has 0 aromatic carbocycles. The molecule has 0 radical (unpaired) electrons. The van der Waals surface area contributed by atoms with E-state index in [0.29, 0.717) is 0 Å². The molecule has 2 rings (SSSR count). The van der Waals surface area contributed by atoms with Crippen molar-refractivity contribution in [2.24, 2.45) is 0 Å². The molecule has 13 heavy (non-hydrogen) atoms. The Labute approximate surface area is 90.3 Å². The van der Waals surface area contributed by atoms with E-state index in [2.05, 4.69) is 52.6 Å². The molecule has 3 nitrogen and oxygen atoms in total. The van der Waals surface area contributed by atoms with Gasteiger partial charge >= 0.3 is 0 Å². The zero-order valence-electron chi connectivity index (χ0n) is 7.53. The maximum Gasteiger partial charge on any atom is 0.155 e. The summed E-state index contributed by atoms with van der Waals surface area (Å²) in [6.45, 7) is 4.34. The lowest BCUT2D eigenvalue weighted by Gasteiger charge is -2.16. The molecule has 0 unspecified atom stereocenters. The van der Waals surface area contributed by atoms with E-state index in [1.807, 2.05) is 12.3 Å². The number of alkyl halides is 1. The molecule has 0 saturated carbocycles. The fraction of sp³-hybridized carbons (Fsp3) is 0.333. The summed E-state index contributed by atoms with van der Waals surface area (Å²) < 4.78 is 1.94. The number of hydrogen-bond donors (Lipinski definition) is 0. The van der Waals surface area contributed by atoms with Crippen LogP contribution in [0.4, 0.5) is 0 Å². The fourth-order valence-corrected chi connectivity index (χ4v) is 1.49. The zero-order valence-corrected chi connectivity index (χ0v) is 9.69. The summed E-state index contributed by atoms with van der Waals surface area (Å²) in [6, 6.07) is 4.08. The van der Waals surface area contributed by atoms with Crippen LogP contribution < -0.4 is 0 Å². The minimum Gasteiger partial charge on any atom is -0.221 e. The van der Waals surface area contributed by atoms with Crippen molar-refractivity contribution >= 4 is 28.2 Å². The maximum atomic E-state index is 4.10. The minimum absolute atomic E-state index is 0.137. The van der Waals surface area contributed by atoms with Gasteiger partial charge in [-0.15, -0.1) is 0 Å². The molecule has 0 fully saturated rings. The zero-order chi connectivity index (χ0) is 9.47. The number of hydrogen-bond acceptors (Lipinski definition) is 2. The number of fused-ring (bicyclic) bond motifs is 1. The Morgan fingerprint density at radius 2 is 2.15 bits per heavy atom. The molecule has 2 aromatic rings. The molecular formula is C9H10IN3. The van der Waals surface area contributed by atoms with Gasteiger partial charge in [0, 0.05) is 9.62 Å². The first-order chi connectivity index (χ1) is 6.07. The molecular weight excluding hydrogens is 277 g/mol. The van der Waals surface area contributed by atoms with E-state index in [9.17, 15) is 0 Å². The van der Waals surface area contributed by atoms with Gasteiger partial charge in [0.1, 0.15) is 6.33 Å². The summed E-state index contributed by atoms with van der Waals surface area (Å²) in [5.41, 5.74) is 2.15. The van der Waals surface area contributed by atoms with E-state index < -0.39 is 0 Å². The average molecular weight is 287 g/mol. The van der Waals surface area contributed by atoms with Crippen LogP contribution >= 0.6 is 22.6 Å². The molecule has 0 saturated heterocycles. The molecule has 0 N–H and O–H groups in total. The van der Waals surface area contributed by atoms with Crippen molar-refractivity contribution in [3.05, 3.63) is 30.2 Å². The first-order valence-electron chi connectivity index (χ1n) is 4.06. The van der Waals surface area contributed by atoms with Crippen LogP contribution in [0.2, 0.25) is 0 Å². The van der Waals surface area contributed by atoms with Crippen LogP contribution in [0, 0.1) is 0 Å². The SMILES string of the molecule is CC(C)(I)c1ccc2ncnn2c1. The minimum atomic E-state index is 0.137. The van der Waals surface area contributed by atoms with E-state index in [1.165, 1.54) is 5.56 Å². The van der Waals surface area contributed by atoms with Crippen LogP contribution in [-0.2, 0) is 3.42 Å². The first-order valence-corrected chi connectivity index (χ1v) is 5.14. The highest BCUT2D eigenvalue weighted by Crippen LogP contribution is 2.30. The normalized spacial score (nSPS) is 12.2. The Hall–Kier alpha value is -0.650. The second-order valence-corrected chi connectivity index (χ2v) is 6.15. The van der Waals surface area contributed by atoms with Crippen molar-refractivity contribution in [3.63, 3.8) is 0 Å².